The molecule has 0 amide bonds. The minimum Gasteiger partial charge on any atom is -0.448 e. The average molecular weight is 300 g/mol. The Labute approximate surface area is 121 Å². The van der Waals surface area contributed by atoms with Gasteiger partial charge in [0.25, 0.3) is 0 Å². The molecule has 20 heavy (non-hydrogen) atoms. The number of furan rings is 1. The fourth-order valence-electron chi connectivity index (χ4n) is 2.06. The number of benzene rings is 1. The van der Waals surface area contributed by atoms with Crippen LogP contribution in [0.15, 0.2) is 28.7 Å². The molecule has 2 nitrogen and oxygen atoms in total. The van der Waals surface area contributed by atoms with Gasteiger partial charge >= 0.3 is 0 Å². The number of rotatable bonds is 5. The van der Waals surface area contributed by atoms with E-state index in [1.165, 1.54) is 12.1 Å². The van der Waals surface area contributed by atoms with Crippen LogP contribution in [0.1, 0.15) is 36.3 Å². The molecule has 0 aliphatic rings. The van der Waals surface area contributed by atoms with Crippen LogP contribution < -0.4 is 5.32 Å². The second-order valence-electron chi connectivity index (χ2n) is 4.62. The SMILES string of the molecule is CCCNC(c1ccc(Cl)o1)c1c(F)ccc(C)c1F. The van der Waals surface area contributed by atoms with E-state index in [0.717, 1.165) is 6.42 Å². The Hall–Kier alpha value is -1.39. The molecule has 0 bridgehead atoms. The first kappa shape index (κ1) is 15.0. The Kier molecular flexibility index (Phi) is 4.78. The molecule has 108 valence electrons. The minimum atomic E-state index is -0.692. The van der Waals surface area contributed by atoms with Gasteiger partial charge in [-0.2, -0.15) is 0 Å². The molecule has 1 atom stereocenters. The molecule has 0 aliphatic heterocycles. The topological polar surface area (TPSA) is 25.2 Å². The molecule has 0 fully saturated rings. The van der Waals surface area contributed by atoms with Crippen LogP contribution in [-0.4, -0.2) is 6.54 Å². The summed E-state index contributed by atoms with van der Waals surface area (Å²) < 4.78 is 33.6. The molecule has 2 aromatic rings. The standard InChI is InChI=1S/C15H16ClF2NO/c1-3-8-19-15(11-6-7-12(16)20-11)13-10(17)5-4-9(2)14(13)18/h4-7,15,19H,3,8H2,1-2H3. The third-order valence-corrected chi connectivity index (χ3v) is 3.29. The molecular weight excluding hydrogens is 284 g/mol. The highest BCUT2D eigenvalue weighted by Gasteiger charge is 2.25. The van der Waals surface area contributed by atoms with E-state index >= 15 is 0 Å². The van der Waals surface area contributed by atoms with Gasteiger partial charge in [0.15, 0.2) is 5.22 Å². The highest BCUT2D eigenvalue weighted by Crippen LogP contribution is 2.30. The molecule has 1 aromatic heterocycles. The van der Waals surface area contributed by atoms with Gasteiger partial charge in [-0.1, -0.05) is 13.0 Å². The fourth-order valence-corrected chi connectivity index (χ4v) is 2.21. The summed E-state index contributed by atoms with van der Waals surface area (Å²) in [6.45, 7) is 4.18. The maximum absolute atomic E-state index is 14.3. The van der Waals surface area contributed by atoms with Crippen molar-refractivity contribution in [3.05, 3.63) is 58.0 Å². The molecule has 5 heteroatoms. The molecule has 2 rings (SSSR count). The van der Waals surface area contributed by atoms with Gasteiger partial charge < -0.3 is 9.73 Å². The summed E-state index contributed by atoms with van der Waals surface area (Å²) in [5.41, 5.74) is 0.354. The van der Waals surface area contributed by atoms with E-state index < -0.39 is 17.7 Å². The number of halogens is 3. The first-order valence-corrected chi connectivity index (χ1v) is 6.85. The Morgan fingerprint density at radius 1 is 1.25 bits per heavy atom. The summed E-state index contributed by atoms with van der Waals surface area (Å²) in [7, 11) is 0. The molecule has 1 heterocycles. The maximum atomic E-state index is 14.3. The second-order valence-corrected chi connectivity index (χ2v) is 4.99. The molecular formula is C15H16ClF2NO. The van der Waals surface area contributed by atoms with Crippen molar-refractivity contribution in [2.75, 3.05) is 6.54 Å². The molecule has 0 radical (unpaired) electrons. The fraction of sp³-hybridized carbons (Fsp3) is 0.333. The Balaban J connectivity index is 2.49. The molecule has 0 saturated heterocycles. The zero-order valence-corrected chi connectivity index (χ0v) is 12.1. The smallest absolute Gasteiger partial charge is 0.193 e. The summed E-state index contributed by atoms with van der Waals surface area (Å²) in [6, 6.07) is 5.17. The van der Waals surface area contributed by atoms with Gasteiger partial charge in [-0.3, -0.25) is 0 Å². The zero-order chi connectivity index (χ0) is 14.7. The Morgan fingerprint density at radius 2 is 2.00 bits per heavy atom. The van der Waals surface area contributed by atoms with Crippen molar-refractivity contribution in [3.63, 3.8) is 0 Å². The van der Waals surface area contributed by atoms with Crippen molar-refractivity contribution >= 4 is 11.6 Å². The highest BCUT2D eigenvalue weighted by molar-refractivity contribution is 6.28. The van der Waals surface area contributed by atoms with Gasteiger partial charge in [0, 0.05) is 5.56 Å². The molecule has 1 N–H and O–H groups in total. The Morgan fingerprint density at radius 3 is 2.60 bits per heavy atom. The largest absolute Gasteiger partial charge is 0.448 e. The minimum absolute atomic E-state index is 0.0375. The Bertz CT molecular complexity index is 598. The van der Waals surface area contributed by atoms with Crippen LogP contribution in [0.25, 0.3) is 0 Å². The van der Waals surface area contributed by atoms with Gasteiger partial charge in [-0.25, -0.2) is 8.78 Å². The first-order chi connectivity index (χ1) is 9.54. The number of nitrogens with one attached hydrogen (secondary N) is 1. The lowest BCUT2D eigenvalue weighted by molar-refractivity contribution is 0.422. The van der Waals surface area contributed by atoms with E-state index in [4.69, 9.17) is 16.0 Å². The molecule has 1 unspecified atom stereocenters. The van der Waals surface area contributed by atoms with Crippen molar-refractivity contribution in [1.29, 1.82) is 0 Å². The normalized spacial score (nSPS) is 12.7. The molecule has 0 saturated carbocycles. The quantitative estimate of drug-likeness (QED) is 0.872. The van der Waals surface area contributed by atoms with Gasteiger partial charge in [-0.05, 0) is 55.3 Å². The van der Waals surface area contributed by atoms with Crippen LogP contribution in [0, 0.1) is 18.6 Å². The zero-order valence-electron chi connectivity index (χ0n) is 11.3. The maximum Gasteiger partial charge on any atom is 0.193 e. The van der Waals surface area contributed by atoms with Crippen LogP contribution in [0.3, 0.4) is 0 Å². The first-order valence-electron chi connectivity index (χ1n) is 6.47. The van der Waals surface area contributed by atoms with Crippen molar-refractivity contribution in [2.45, 2.75) is 26.3 Å². The van der Waals surface area contributed by atoms with Crippen LogP contribution >= 0.6 is 11.6 Å². The predicted molar refractivity (Wildman–Crippen MR) is 74.9 cm³/mol. The van der Waals surface area contributed by atoms with Gasteiger partial charge in [0.1, 0.15) is 17.4 Å². The lowest BCUT2D eigenvalue weighted by Gasteiger charge is -2.19. The van der Waals surface area contributed by atoms with E-state index in [2.05, 4.69) is 5.32 Å². The van der Waals surface area contributed by atoms with E-state index in [9.17, 15) is 8.78 Å². The monoisotopic (exact) mass is 299 g/mol. The number of aryl methyl sites for hydroxylation is 1. The summed E-state index contributed by atoms with van der Waals surface area (Å²) >= 11 is 5.75. The van der Waals surface area contributed by atoms with E-state index in [1.807, 2.05) is 6.92 Å². The lowest BCUT2D eigenvalue weighted by atomic mass is 10.0. The van der Waals surface area contributed by atoms with Gasteiger partial charge in [0.05, 0.1) is 6.04 Å². The number of hydrogen-bond acceptors (Lipinski definition) is 2. The highest BCUT2D eigenvalue weighted by atomic mass is 35.5. The van der Waals surface area contributed by atoms with Crippen LogP contribution in [0.2, 0.25) is 5.22 Å². The van der Waals surface area contributed by atoms with E-state index in [0.29, 0.717) is 17.9 Å². The lowest BCUT2D eigenvalue weighted by Crippen LogP contribution is -2.25. The van der Waals surface area contributed by atoms with Gasteiger partial charge in [0.2, 0.25) is 0 Å². The van der Waals surface area contributed by atoms with E-state index in [1.54, 1.807) is 19.1 Å². The third-order valence-electron chi connectivity index (χ3n) is 3.09. The van der Waals surface area contributed by atoms with Crippen molar-refractivity contribution in [3.8, 4) is 0 Å². The average Bonchev–Trinajstić information content (AvgIpc) is 2.84. The van der Waals surface area contributed by atoms with Crippen LogP contribution in [-0.2, 0) is 0 Å². The van der Waals surface area contributed by atoms with Crippen molar-refractivity contribution < 1.29 is 13.2 Å². The second kappa shape index (κ2) is 6.37. The van der Waals surface area contributed by atoms with Crippen molar-refractivity contribution in [2.24, 2.45) is 0 Å². The molecule has 1 aromatic carbocycles. The summed E-state index contributed by atoms with van der Waals surface area (Å²) in [5.74, 6) is -0.771. The predicted octanol–water partition coefficient (Wildman–Crippen LogP) is 4.61. The summed E-state index contributed by atoms with van der Waals surface area (Å²) in [6.07, 6.45) is 0.833. The number of hydrogen-bond donors (Lipinski definition) is 1. The van der Waals surface area contributed by atoms with Crippen LogP contribution in [0.5, 0.6) is 0 Å². The summed E-state index contributed by atoms with van der Waals surface area (Å²) in [4.78, 5) is 0. The summed E-state index contributed by atoms with van der Waals surface area (Å²) in [5, 5.41) is 3.28. The van der Waals surface area contributed by atoms with Crippen molar-refractivity contribution in [1.82, 2.24) is 5.32 Å². The van der Waals surface area contributed by atoms with Gasteiger partial charge in [-0.15, -0.1) is 0 Å². The molecule has 0 spiro atoms. The van der Waals surface area contributed by atoms with Crippen LogP contribution in [0.4, 0.5) is 8.78 Å². The molecule has 0 aliphatic carbocycles. The third kappa shape index (κ3) is 3.02. The van der Waals surface area contributed by atoms with E-state index in [-0.39, 0.29) is 10.8 Å².